The van der Waals surface area contributed by atoms with Gasteiger partial charge in [-0.05, 0) is 34.9 Å². The van der Waals surface area contributed by atoms with Crippen LogP contribution in [0.2, 0.25) is 0 Å². The van der Waals surface area contributed by atoms with Crippen molar-refractivity contribution in [3.8, 4) is 11.5 Å². The largest absolute Gasteiger partial charge is 0.457 e. The molecule has 0 fully saturated rings. The van der Waals surface area contributed by atoms with Gasteiger partial charge in [0, 0.05) is 12.3 Å². The summed E-state index contributed by atoms with van der Waals surface area (Å²) in [5.41, 5.74) is 3.50. The molecule has 0 aliphatic heterocycles. The topological polar surface area (TPSA) is 9.23 Å². The molecule has 22 heavy (non-hydrogen) atoms. The summed E-state index contributed by atoms with van der Waals surface area (Å²) in [5, 5.41) is 0. The first-order chi connectivity index (χ1) is 10.8. The van der Waals surface area contributed by atoms with Gasteiger partial charge in [-0.15, -0.1) is 11.6 Å². The van der Waals surface area contributed by atoms with Gasteiger partial charge in [-0.3, -0.25) is 0 Å². The fourth-order valence-corrected chi connectivity index (χ4v) is 2.55. The molecule has 0 N–H and O–H groups in total. The van der Waals surface area contributed by atoms with Crippen molar-refractivity contribution in [3.63, 3.8) is 0 Å². The molecule has 0 unspecified atom stereocenters. The molecule has 0 atom stereocenters. The summed E-state index contributed by atoms with van der Waals surface area (Å²) in [6.45, 7) is 0. The minimum atomic E-state index is 0.489. The zero-order chi connectivity index (χ0) is 15.2. The number of alkyl halides is 1. The first-order valence-electron chi connectivity index (χ1n) is 7.30. The van der Waals surface area contributed by atoms with Crippen LogP contribution < -0.4 is 4.74 Å². The minimum Gasteiger partial charge on any atom is -0.457 e. The Hall–Kier alpha value is -2.25. The van der Waals surface area contributed by atoms with Gasteiger partial charge in [-0.25, -0.2) is 0 Å². The summed E-state index contributed by atoms with van der Waals surface area (Å²) in [6.07, 6.45) is 0.853. The molecule has 0 aliphatic carbocycles. The van der Waals surface area contributed by atoms with Gasteiger partial charge in [0.15, 0.2) is 0 Å². The molecule has 0 saturated carbocycles. The van der Waals surface area contributed by atoms with E-state index >= 15 is 0 Å². The molecular weight excluding hydrogens is 292 g/mol. The van der Waals surface area contributed by atoms with E-state index in [0.717, 1.165) is 23.5 Å². The lowest BCUT2D eigenvalue weighted by molar-refractivity contribution is 0.477. The van der Waals surface area contributed by atoms with Gasteiger partial charge in [0.05, 0.1) is 0 Å². The molecule has 0 aliphatic rings. The SMILES string of the molecule is ClCc1cccc(Oc2ccccc2Cc2ccccc2)c1. The van der Waals surface area contributed by atoms with E-state index in [2.05, 4.69) is 30.3 Å². The standard InChI is InChI=1S/C20H17ClO/c21-15-17-9-6-11-19(14-17)22-20-12-5-4-10-18(20)13-16-7-2-1-3-8-16/h1-12,14H,13,15H2. The summed E-state index contributed by atoms with van der Waals surface area (Å²) in [4.78, 5) is 0. The van der Waals surface area contributed by atoms with Crippen LogP contribution in [0.3, 0.4) is 0 Å². The third-order valence-electron chi connectivity index (χ3n) is 3.49. The van der Waals surface area contributed by atoms with Crippen LogP contribution in [0.25, 0.3) is 0 Å². The smallest absolute Gasteiger partial charge is 0.130 e. The maximum Gasteiger partial charge on any atom is 0.130 e. The van der Waals surface area contributed by atoms with Crippen LogP contribution in [0.5, 0.6) is 11.5 Å². The van der Waals surface area contributed by atoms with E-state index in [-0.39, 0.29) is 0 Å². The van der Waals surface area contributed by atoms with Gasteiger partial charge in [0.2, 0.25) is 0 Å². The average molecular weight is 309 g/mol. The maximum absolute atomic E-state index is 6.07. The molecule has 110 valence electrons. The van der Waals surface area contributed by atoms with Crippen molar-refractivity contribution in [1.82, 2.24) is 0 Å². The number of ether oxygens (including phenoxy) is 1. The van der Waals surface area contributed by atoms with Crippen molar-refractivity contribution in [2.24, 2.45) is 0 Å². The molecule has 0 bridgehead atoms. The Morgan fingerprint density at radius 2 is 1.45 bits per heavy atom. The zero-order valence-corrected chi connectivity index (χ0v) is 13.0. The Morgan fingerprint density at radius 1 is 0.727 bits per heavy atom. The minimum absolute atomic E-state index is 0.489. The monoisotopic (exact) mass is 308 g/mol. The van der Waals surface area contributed by atoms with E-state index in [9.17, 15) is 0 Å². The van der Waals surface area contributed by atoms with Crippen molar-refractivity contribution in [2.75, 3.05) is 0 Å². The number of rotatable bonds is 5. The van der Waals surface area contributed by atoms with Crippen LogP contribution in [-0.4, -0.2) is 0 Å². The van der Waals surface area contributed by atoms with Crippen molar-refractivity contribution in [2.45, 2.75) is 12.3 Å². The van der Waals surface area contributed by atoms with Crippen molar-refractivity contribution >= 4 is 11.6 Å². The highest BCUT2D eigenvalue weighted by Gasteiger charge is 2.06. The predicted molar refractivity (Wildman–Crippen MR) is 91.8 cm³/mol. The van der Waals surface area contributed by atoms with E-state index in [4.69, 9.17) is 16.3 Å². The summed E-state index contributed by atoms with van der Waals surface area (Å²) in [7, 11) is 0. The Labute approximate surface area is 136 Å². The zero-order valence-electron chi connectivity index (χ0n) is 12.2. The molecule has 2 heteroatoms. The van der Waals surface area contributed by atoms with Crippen molar-refractivity contribution in [3.05, 3.63) is 95.6 Å². The second-order valence-electron chi connectivity index (χ2n) is 5.15. The van der Waals surface area contributed by atoms with Gasteiger partial charge in [-0.2, -0.15) is 0 Å². The number of hydrogen-bond donors (Lipinski definition) is 0. The molecule has 1 nitrogen and oxygen atoms in total. The first-order valence-corrected chi connectivity index (χ1v) is 7.83. The molecule has 0 radical (unpaired) electrons. The van der Waals surface area contributed by atoms with E-state index in [1.165, 1.54) is 11.1 Å². The Balaban J connectivity index is 1.84. The highest BCUT2D eigenvalue weighted by molar-refractivity contribution is 6.17. The fourth-order valence-electron chi connectivity index (χ4n) is 2.38. The summed E-state index contributed by atoms with van der Waals surface area (Å²) in [5.74, 6) is 2.19. The fraction of sp³-hybridized carbons (Fsp3) is 0.100. The van der Waals surface area contributed by atoms with Crippen LogP contribution in [-0.2, 0) is 12.3 Å². The third-order valence-corrected chi connectivity index (χ3v) is 3.80. The molecule has 0 saturated heterocycles. The van der Waals surface area contributed by atoms with Crippen LogP contribution in [0.1, 0.15) is 16.7 Å². The van der Waals surface area contributed by atoms with E-state index in [1.54, 1.807) is 0 Å². The van der Waals surface area contributed by atoms with Gasteiger partial charge < -0.3 is 4.74 Å². The first kappa shape index (κ1) is 14.7. The van der Waals surface area contributed by atoms with Crippen molar-refractivity contribution in [1.29, 1.82) is 0 Å². The third kappa shape index (κ3) is 3.69. The van der Waals surface area contributed by atoms with E-state index < -0.39 is 0 Å². The molecule has 3 rings (SSSR count). The highest BCUT2D eigenvalue weighted by atomic mass is 35.5. The lowest BCUT2D eigenvalue weighted by Gasteiger charge is -2.12. The average Bonchev–Trinajstić information content (AvgIpc) is 2.58. The number of halogens is 1. The highest BCUT2D eigenvalue weighted by Crippen LogP contribution is 2.27. The molecular formula is C20H17ClO. The van der Waals surface area contributed by atoms with Gasteiger partial charge in [-0.1, -0.05) is 60.7 Å². The molecule has 0 spiro atoms. The second-order valence-corrected chi connectivity index (χ2v) is 5.42. The number of benzene rings is 3. The molecule has 3 aromatic rings. The van der Waals surface area contributed by atoms with E-state index in [0.29, 0.717) is 5.88 Å². The predicted octanol–water partition coefficient (Wildman–Crippen LogP) is 5.81. The van der Waals surface area contributed by atoms with Crippen LogP contribution in [0.15, 0.2) is 78.9 Å². The summed E-state index contributed by atoms with van der Waals surface area (Å²) < 4.78 is 6.07. The Morgan fingerprint density at radius 3 is 2.27 bits per heavy atom. The lowest BCUT2D eigenvalue weighted by atomic mass is 10.0. The molecule has 3 aromatic carbocycles. The normalized spacial score (nSPS) is 10.4. The van der Waals surface area contributed by atoms with Crippen LogP contribution in [0, 0.1) is 0 Å². The van der Waals surface area contributed by atoms with Gasteiger partial charge >= 0.3 is 0 Å². The number of hydrogen-bond acceptors (Lipinski definition) is 1. The lowest BCUT2D eigenvalue weighted by Crippen LogP contribution is -1.93. The Bertz CT molecular complexity index is 737. The molecule has 0 aromatic heterocycles. The Kier molecular flexibility index (Phi) is 4.77. The summed E-state index contributed by atoms with van der Waals surface area (Å²) >= 11 is 5.88. The molecule has 0 heterocycles. The molecule has 0 amide bonds. The van der Waals surface area contributed by atoms with Gasteiger partial charge in [0.1, 0.15) is 11.5 Å². The van der Waals surface area contributed by atoms with Gasteiger partial charge in [0.25, 0.3) is 0 Å². The van der Waals surface area contributed by atoms with E-state index in [1.807, 2.05) is 48.5 Å². The quantitative estimate of drug-likeness (QED) is 0.540. The second kappa shape index (κ2) is 7.15. The van der Waals surface area contributed by atoms with Crippen LogP contribution in [0.4, 0.5) is 0 Å². The van der Waals surface area contributed by atoms with Crippen molar-refractivity contribution < 1.29 is 4.74 Å². The maximum atomic E-state index is 6.07. The summed E-state index contributed by atoms with van der Waals surface area (Å²) in [6, 6.07) is 26.4. The van der Waals surface area contributed by atoms with Crippen LogP contribution >= 0.6 is 11.6 Å². The number of para-hydroxylation sites is 1.